The second kappa shape index (κ2) is 7.02. The Morgan fingerprint density at radius 2 is 2.04 bits per heavy atom. The molecule has 23 heavy (non-hydrogen) atoms. The molecule has 0 fully saturated rings. The highest BCUT2D eigenvalue weighted by atomic mass is 35.5. The van der Waals surface area contributed by atoms with Gasteiger partial charge in [0.05, 0.1) is 12.1 Å². The van der Waals surface area contributed by atoms with Crippen LogP contribution in [0.25, 0.3) is 0 Å². The molecule has 0 aliphatic carbocycles. The van der Waals surface area contributed by atoms with E-state index >= 15 is 0 Å². The lowest BCUT2D eigenvalue weighted by Gasteiger charge is -2.26. The van der Waals surface area contributed by atoms with Crippen LogP contribution < -0.4 is 10.1 Å². The highest BCUT2D eigenvalue weighted by molar-refractivity contribution is 6.32. The zero-order valence-electron chi connectivity index (χ0n) is 12.8. The predicted octanol–water partition coefficient (Wildman–Crippen LogP) is 3.11. The Hall–Kier alpha value is -2.04. The summed E-state index contributed by atoms with van der Waals surface area (Å²) in [5.41, 5.74) is 3.14. The number of carbonyl (C=O) groups is 1. The van der Waals surface area contributed by atoms with Crippen LogP contribution in [0.2, 0.25) is 5.02 Å². The molecule has 0 spiro atoms. The number of ether oxygens (including phenoxy) is 2. The maximum absolute atomic E-state index is 11.8. The summed E-state index contributed by atoms with van der Waals surface area (Å²) in [5, 5.41) is 3.73. The summed E-state index contributed by atoms with van der Waals surface area (Å²) >= 11 is 6.33. The molecule has 3 rings (SSSR count). The summed E-state index contributed by atoms with van der Waals surface area (Å²) in [7, 11) is 1.39. The van der Waals surface area contributed by atoms with E-state index < -0.39 is 0 Å². The lowest BCUT2D eigenvalue weighted by atomic mass is 9.95. The fraction of sp³-hybridized carbons (Fsp3) is 0.278. The van der Waals surface area contributed by atoms with E-state index in [1.807, 2.05) is 42.5 Å². The summed E-state index contributed by atoms with van der Waals surface area (Å²) in [5.74, 6) is 0.382. The van der Waals surface area contributed by atoms with E-state index in [2.05, 4.69) is 5.32 Å². The quantitative estimate of drug-likeness (QED) is 0.875. The molecular weight excluding hydrogens is 314 g/mol. The minimum absolute atomic E-state index is 0.273. The first-order chi connectivity index (χ1) is 11.2. The van der Waals surface area contributed by atoms with Crippen molar-refractivity contribution in [2.45, 2.75) is 25.6 Å². The highest BCUT2D eigenvalue weighted by Gasteiger charge is 2.28. The van der Waals surface area contributed by atoms with Crippen molar-refractivity contribution in [2.75, 3.05) is 7.11 Å². The molecule has 1 heterocycles. The van der Waals surface area contributed by atoms with Gasteiger partial charge in [0.25, 0.3) is 0 Å². The molecule has 4 nitrogen and oxygen atoms in total. The maximum Gasteiger partial charge on any atom is 0.323 e. The third kappa shape index (κ3) is 3.49. The zero-order valence-corrected chi connectivity index (χ0v) is 13.6. The summed E-state index contributed by atoms with van der Waals surface area (Å²) in [6.07, 6.45) is 0.507. The normalized spacial score (nSPS) is 16.5. The van der Waals surface area contributed by atoms with Crippen LogP contribution in [0.15, 0.2) is 42.5 Å². The van der Waals surface area contributed by atoms with Gasteiger partial charge in [-0.15, -0.1) is 0 Å². The van der Waals surface area contributed by atoms with Gasteiger partial charge in [-0.3, -0.25) is 4.79 Å². The number of hydrogen-bond acceptors (Lipinski definition) is 4. The number of hydrogen-bond donors (Lipinski definition) is 1. The molecule has 5 heteroatoms. The van der Waals surface area contributed by atoms with Crippen LogP contribution >= 0.6 is 11.6 Å². The molecule has 120 valence electrons. The maximum atomic E-state index is 11.8. The first-order valence-electron chi connectivity index (χ1n) is 7.47. The smallest absolute Gasteiger partial charge is 0.323 e. The Labute approximate surface area is 140 Å². The lowest BCUT2D eigenvalue weighted by molar-refractivity contribution is -0.143. The molecule has 0 radical (unpaired) electrons. The molecule has 1 atom stereocenters. The van der Waals surface area contributed by atoms with Crippen LogP contribution in [-0.2, 0) is 29.1 Å². The van der Waals surface area contributed by atoms with Gasteiger partial charge in [0.1, 0.15) is 18.4 Å². The molecule has 0 saturated carbocycles. The van der Waals surface area contributed by atoms with Gasteiger partial charge in [-0.2, -0.15) is 0 Å². The second-order valence-electron chi connectivity index (χ2n) is 5.45. The third-order valence-electron chi connectivity index (χ3n) is 3.97. The van der Waals surface area contributed by atoms with Crippen molar-refractivity contribution in [3.63, 3.8) is 0 Å². The van der Waals surface area contributed by atoms with E-state index in [1.165, 1.54) is 7.11 Å². The molecular formula is C18H18ClNO3. The Balaban J connectivity index is 1.84. The molecule has 2 aromatic rings. The standard InChI is InChI=1S/C18H18ClNO3/c1-22-18(21)16-9-14-13(10-20-16)7-8-15(19)17(14)23-11-12-5-3-2-4-6-12/h2-8,16,20H,9-11H2,1H3. The van der Waals surface area contributed by atoms with Crippen molar-refractivity contribution in [1.29, 1.82) is 0 Å². The lowest BCUT2D eigenvalue weighted by Crippen LogP contribution is -2.42. The van der Waals surface area contributed by atoms with E-state index in [-0.39, 0.29) is 12.0 Å². The Bertz CT molecular complexity index is 703. The Morgan fingerprint density at radius 3 is 2.78 bits per heavy atom. The van der Waals surface area contributed by atoms with Gasteiger partial charge in [-0.05, 0) is 17.2 Å². The molecule has 0 amide bonds. The number of fused-ring (bicyclic) bond motifs is 1. The molecule has 0 saturated heterocycles. The zero-order chi connectivity index (χ0) is 16.2. The van der Waals surface area contributed by atoms with Crippen molar-refractivity contribution >= 4 is 17.6 Å². The van der Waals surface area contributed by atoms with E-state index in [4.69, 9.17) is 21.1 Å². The number of benzene rings is 2. The van der Waals surface area contributed by atoms with Crippen molar-refractivity contribution in [1.82, 2.24) is 5.32 Å². The van der Waals surface area contributed by atoms with Crippen LogP contribution in [0.5, 0.6) is 5.75 Å². The van der Waals surface area contributed by atoms with Gasteiger partial charge in [-0.25, -0.2) is 0 Å². The first-order valence-corrected chi connectivity index (χ1v) is 7.85. The molecule has 1 N–H and O–H groups in total. The van der Waals surface area contributed by atoms with Gasteiger partial charge >= 0.3 is 5.97 Å². The number of halogens is 1. The van der Waals surface area contributed by atoms with E-state index in [0.29, 0.717) is 30.3 Å². The van der Waals surface area contributed by atoms with E-state index in [1.54, 1.807) is 0 Å². The second-order valence-corrected chi connectivity index (χ2v) is 5.86. The molecule has 0 bridgehead atoms. The molecule has 1 aliphatic rings. The summed E-state index contributed by atoms with van der Waals surface area (Å²) in [6.45, 7) is 1.03. The number of esters is 1. The van der Waals surface area contributed by atoms with Crippen LogP contribution in [0.1, 0.15) is 16.7 Å². The average molecular weight is 332 g/mol. The van der Waals surface area contributed by atoms with Crippen molar-refractivity contribution < 1.29 is 14.3 Å². The molecule has 1 aliphatic heterocycles. The van der Waals surface area contributed by atoms with Crippen molar-refractivity contribution in [3.05, 3.63) is 64.2 Å². The first kappa shape index (κ1) is 15.8. The fourth-order valence-electron chi connectivity index (χ4n) is 2.73. The fourth-order valence-corrected chi connectivity index (χ4v) is 2.97. The van der Waals surface area contributed by atoms with Gasteiger partial charge in [0, 0.05) is 18.5 Å². The van der Waals surface area contributed by atoms with E-state index in [0.717, 1.165) is 16.7 Å². The monoisotopic (exact) mass is 331 g/mol. The van der Waals surface area contributed by atoms with Crippen LogP contribution in [0.3, 0.4) is 0 Å². The summed E-state index contributed by atoms with van der Waals surface area (Å²) in [4.78, 5) is 11.8. The number of carbonyl (C=O) groups excluding carboxylic acids is 1. The minimum atomic E-state index is -0.370. The summed E-state index contributed by atoms with van der Waals surface area (Å²) in [6, 6.07) is 13.3. The van der Waals surface area contributed by atoms with Crippen molar-refractivity contribution in [3.8, 4) is 5.75 Å². The number of rotatable bonds is 4. The minimum Gasteiger partial charge on any atom is -0.487 e. The van der Waals surface area contributed by atoms with Gasteiger partial charge in [0.15, 0.2) is 0 Å². The molecule has 1 unspecified atom stereocenters. The largest absolute Gasteiger partial charge is 0.487 e. The number of nitrogens with one attached hydrogen (secondary N) is 1. The highest BCUT2D eigenvalue weighted by Crippen LogP contribution is 2.35. The van der Waals surface area contributed by atoms with Crippen LogP contribution in [0, 0.1) is 0 Å². The van der Waals surface area contributed by atoms with E-state index in [9.17, 15) is 4.79 Å². The average Bonchev–Trinajstić information content (AvgIpc) is 2.60. The number of methoxy groups -OCH3 is 1. The Kier molecular flexibility index (Phi) is 4.84. The van der Waals surface area contributed by atoms with Crippen LogP contribution in [-0.4, -0.2) is 19.1 Å². The van der Waals surface area contributed by atoms with Crippen molar-refractivity contribution in [2.24, 2.45) is 0 Å². The molecule has 2 aromatic carbocycles. The third-order valence-corrected chi connectivity index (χ3v) is 4.27. The Morgan fingerprint density at radius 1 is 1.26 bits per heavy atom. The van der Waals surface area contributed by atoms with Crippen LogP contribution in [0.4, 0.5) is 0 Å². The molecule has 0 aromatic heterocycles. The summed E-state index contributed by atoms with van der Waals surface area (Å²) < 4.78 is 10.8. The SMILES string of the molecule is COC(=O)C1Cc2c(ccc(Cl)c2OCc2ccccc2)CN1. The predicted molar refractivity (Wildman–Crippen MR) is 88.6 cm³/mol. The van der Waals surface area contributed by atoms with Gasteiger partial charge in [-0.1, -0.05) is 48.0 Å². The van der Waals surface area contributed by atoms with Gasteiger partial charge in [0.2, 0.25) is 0 Å². The topological polar surface area (TPSA) is 47.6 Å². The van der Waals surface area contributed by atoms with Gasteiger partial charge < -0.3 is 14.8 Å².